The molecule has 2 aliphatic rings. The standard InChI is InChI=1S/C27H21N5O4/c1-36-19-11-8-17-14-32(24(33)20(17)12-19)15-27(25(34)30-26(35)31-27)18-9-6-16(7-10-18)23-13-28-21-4-2-3-5-22(21)29-23/h2-13H,14-15H2,1H3,(H2,30,31,34,35)/t27-/m0/s1. The number of carbonyl (C=O) groups is 3. The molecule has 36 heavy (non-hydrogen) atoms. The summed E-state index contributed by atoms with van der Waals surface area (Å²) in [5.74, 6) is -0.148. The molecule has 0 unspecified atom stereocenters. The zero-order valence-electron chi connectivity index (χ0n) is 19.3. The molecule has 4 aromatic rings. The summed E-state index contributed by atoms with van der Waals surface area (Å²) in [7, 11) is 1.54. The van der Waals surface area contributed by atoms with Crippen LogP contribution >= 0.6 is 0 Å². The number of nitrogens with zero attached hydrogens (tertiary/aromatic N) is 3. The van der Waals surface area contributed by atoms with Gasteiger partial charge in [-0.05, 0) is 35.4 Å². The third kappa shape index (κ3) is 3.44. The summed E-state index contributed by atoms with van der Waals surface area (Å²) in [6, 6.07) is 19.5. The van der Waals surface area contributed by atoms with Crippen molar-refractivity contribution in [1.82, 2.24) is 25.5 Å². The Kier molecular flexibility index (Phi) is 4.92. The lowest BCUT2D eigenvalue weighted by Gasteiger charge is -2.31. The summed E-state index contributed by atoms with van der Waals surface area (Å²) in [5, 5.41) is 5.10. The Morgan fingerprint density at radius 3 is 2.50 bits per heavy atom. The predicted octanol–water partition coefficient (Wildman–Crippen LogP) is 3.00. The number of urea groups is 1. The Bertz CT molecular complexity index is 1550. The summed E-state index contributed by atoms with van der Waals surface area (Å²) in [6.45, 7) is 0.309. The number of amides is 4. The average molecular weight is 479 g/mol. The zero-order valence-corrected chi connectivity index (χ0v) is 19.3. The third-order valence-corrected chi connectivity index (χ3v) is 6.69. The van der Waals surface area contributed by atoms with Crippen LogP contribution in [0.4, 0.5) is 4.79 Å². The molecule has 0 saturated carbocycles. The van der Waals surface area contributed by atoms with Crippen LogP contribution in [0, 0.1) is 0 Å². The largest absolute Gasteiger partial charge is 0.497 e. The van der Waals surface area contributed by atoms with E-state index in [4.69, 9.17) is 4.74 Å². The molecule has 1 atom stereocenters. The Morgan fingerprint density at radius 2 is 1.78 bits per heavy atom. The van der Waals surface area contributed by atoms with E-state index in [1.54, 1.807) is 42.5 Å². The van der Waals surface area contributed by atoms with Gasteiger partial charge in [0.25, 0.3) is 11.8 Å². The molecule has 9 heteroatoms. The van der Waals surface area contributed by atoms with E-state index < -0.39 is 17.5 Å². The Labute approximate surface area is 206 Å². The van der Waals surface area contributed by atoms with Crippen LogP contribution in [0.25, 0.3) is 22.3 Å². The van der Waals surface area contributed by atoms with Gasteiger partial charge in [0.2, 0.25) is 0 Å². The van der Waals surface area contributed by atoms with Gasteiger partial charge in [0, 0.05) is 17.7 Å². The minimum atomic E-state index is -1.42. The summed E-state index contributed by atoms with van der Waals surface area (Å²) >= 11 is 0. The Balaban J connectivity index is 1.33. The Hall–Kier alpha value is -4.79. The predicted molar refractivity (Wildman–Crippen MR) is 131 cm³/mol. The molecular weight excluding hydrogens is 458 g/mol. The molecule has 2 aliphatic heterocycles. The lowest BCUT2D eigenvalue weighted by atomic mass is 9.88. The maximum absolute atomic E-state index is 13.2. The van der Waals surface area contributed by atoms with Gasteiger partial charge in [-0.1, -0.05) is 42.5 Å². The van der Waals surface area contributed by atoms with E-state index >= 15 is 0 Å². The number of carbonyl (C=O) groups excluding carboxylic acids is 3. The highest BCUT2D eigenvalue weighted by Crippen LogP contribution is 2.33. The van der Waals surface area contributed by atoms with Gasteiger partial charge >= 0.3 is 6.03 Å². The maximum Gasteiger partial charge on any atom is 0.322 e. The van der Waals surface area contributed by atoms with E-state index in [2.05, 4.69) is 20.6 Å². The van der Waals surface area contributed by atoms with Gasteiger partial charge in [-0.2, -0.15) is 0 Å². The number of rotatable bonds is 5. The van der Waals surface area contributed by atoms with Crippen LogP contribution in [-0.4, -0.2) is 46.4 Å². The monoisotopic (exact) mass is 479 g/mol. The van der Waals surface area contributed by atoms with Crippen LogP contribution in [0.1, 0.15) is 21.5 Å². The number of aromatic nitrogens is 2. The van der Waals surface area contributed by atoms with Crippen molar-refractivity contribution in [3.8, 4) is 17.0 Å². The molecular formula is C27H21N5O4. The van der Waals surface area contributed by atoms with Crippen molar-refractivity contribution < 1.29 is 19.1 Å². The van der Waals surface area contributed by atoms with Crippen LogP contribution in [-0.2, 0) is 16.9 Å². The van der Waals surface area contributed by atoms with Crippen LogP contribution in [0.15, 0.2) is 72.9 Å². The molecule has 0 bridgehead atoms. The topological polar surface area (TPSA) is 114 Å². The van der Waals surface area contributed by atoms with E-state index in [9.17, 15) is 14.4 Å². The summed E-state index contributed by atoms with van der Waals surface area (Å²) < 4.78 is 5.25. The molecule has 3 heterocycles. The number of imide groups is 1. The van der Waals surface area contributed by atoms with E-state index in [-0.39, 0.29) is 12.5 Å². The number of para-hydroxylation sites is 2. The first-order valence-electron chi connectivity index (χ1n) is 11.4. The van der Waals surface area contributed by atoms with Gasteiger partial charge in [0.05, 0.1) is 36.6 Å². The van der Waals surface area contributed by atoms with E-state index in [1.165, 1.54) is 0 Å². The number of methoxy groups -OCH3 is 1. The zero-order chi connectivity index (χ0) is 24.9. The normalized spacial score (nSPS) is 18.8. The second-order valence-corrected chi connectivity index (χ2v) is 8.82. The third-order valence-electron chi connectivity index (χ3n) is 6.69. The minimum Gasteiger partial charge on any atom is -0.497 e. The van der Waals surface area contributed by atoms with Crippen molar-refractivity contribution in [2.24, 2.45) is 0 Å². The molecule has 0 radical (unpaired) electrons. The number of hydrogen-bond donors (Lipinski definition) is 2. The van der Waals surface area contributed by atoms with Crippen LogP contribution in [0.2, 0.25) is 0 Å². The summed E-state index contributed by atoms with van der Waals surface area (Å²) in [4.78, 5) is 49.2. The molecule has 3 aromatic carbocycles. The molecule has 0 aliphatic carbocycles. The minimum absolute atomic E-state index is 0.0183. The molecule has 4 amide bonds. The van der Waals surface area contributed by atoms with Crippen molar-refractivity contribution in [1.29, 1.82) is 0 Å². The van der Waals surface area contributed by atoms with Gasteiger partial charge in [-0.3, -0.25) is 19.9 Å². The van der Waals surface area contributed by atoms with Crippen LogP contribution in [0.3, 0.4) is 0 Å². The fourth-order valence-corrected chi connectivity index (χ4v) is 4.80. The van der Waals surface area contributed by atoms with Crippen molar-refractivity contribution in [3.63, 3.8) is 0 Å². The van der Waals surface area contributed by atoms with Gasteiger partial charge in [-0.25, -0.2) is 9.78 Å². The second kappa shape index (κ2) is 8.16. The molecule has 0 spiro atoms. The second-order valence-electron chi connectivity index (χ2n) is 8.82. The number of ether oxygens (including phenoxy) is 1. The number of hydrogen-bond acceptors (Lipinski definition) is 6. The fraction of sp³-hybridized carbons (Fsp3) is 0.148. The van der Waals surface area contributed by atoms with Crippen LogP contribution in [0.5, 0.6) is 5.75 Å². The maximum atomic E-state index is 13.2. The number of nitrogens with one attached hydrogen (secondary N) is 2. The lowest BCUT2D eigenvalue weighted by molar-refractivity contribution is -0.124. The molecule has 1 aromatic heterocycles. The Morgan fingerprint density at radius 1 is 1.00 bits per heavy atom. The molecule has 178 valence electrons. The molecule has 1 saturated heterocycles. The van der Waals surface area contributed by atoms with Gasteiger partial charge in [0.1, 0.15) is 5.75 Å². The first-order chi connectivity index (χ1) is 17.5. The van der Waals surface area contributed by atoms with Gasteiger partial charge in [0.15, 0.2) is 5.54 Å². The smallest absolute Gasteiger partial charge is 0.322 e. The van der Waals surface area contributed by atoms with E-state index in [0.717, 1.165) is 22.2 Å². The number of fused-ring (bicyclic) bond motifs is 2. The van der Waals surface area contributed by atoms with Crippen molar-refractivity contribution in [2.75, 3.05) is 13.7 Å². The van der Waals surface area contributed by atoms with Gasteiger partial charge in [-0.15, -0.1) is 0 Å². The van der Waals surface area contributed by atoms with Crippen molar-refractivity contribution in [3.05, 3.63) is 89.6 Å². The summed E-state index contributed by atoms with van der Waals surface area (Å²) in [6.07, 6.45) is 1.70. The highest BCUT2D eigenvalue weighted by Gasteiger charge is 2.50. The van der Waals surface area contributed by atoms with E-state index in [0.29, 0.717) is 29.1 Å². The molecule has 9 nitrogen and oxygen atoms in total. The molecule has 1 fully saturated rings. The van der Waals surface area contributed by atoms with Crippen molar-refractivity contribution >= 4 is 28.9 Å². The fourth-order valence-electron chi connectivity index (χ4n) is 4.80. The average Bonchev–Trinajstić information content (AvgIpc) is 3.38. The van der Waals surface area contributed by atoms with Crippen molar-refractivity contribution in [2.45, 2.75) is 12.1 Å². The quantitative estimate of drug-likeness (QED) is 0.426. The summed E-state index contributed by atoms with van der Waals surface area (Å²) in [5.41, 5.74) is 3.58. The highest BCUT2D eigenvalue weighted by atomic mass is 16.5. The lowest BCUT2D eigenvalue weighted by Crippen LogP contribution is -2.52. The van der Waals surface area contributed by atoms with Gasteiger partial charge < -0.3 is 15.0 Å². The van der Waals surface area contributed by atoms with E-state index in [1.807, 2.05) is 42.5 Å². The molecule has 6 rings (SSSR count). The highest BCUT2D eigenvalue weighted by molar-refractivity contribution is 6.08. The van der Waals surface area contributed by atoms with Crippen LogP contribution < -0.4 is 15.4 Å². The first-order valence-corrected chi connectivity index (χ1v) is 11.4. The molecule has 2 N–H and O–H groups in total. The number of benzene rings is 3. The first kappa shape index (κ1) is 21.7. The SMILES string of the molecule is COc1ccc2c(c1)C(=O)N(C[C@@]1(c3ccc(-c4cnc5ccccc5n4)cc3)NC(=O)NC1=O)C2.